The van der Waals surface area contributed by atoms with Crippen LogP contribution in [0.3, 0.4) is 0 Å². The number of rotatable bonds is 10. The van der Waals surface area contributed by atoms with Gasteiger partial charge in [0.15, 0.2) is 0 Å². The molecule has 0 aromatic carbocycles. The molecular formula is C13H25NO4. The molecule has 2 N–H and O–H groups in total. The van der Waals surface area contributed by atoms with Crippen molar-refractivity contribution < 1.29 is 19.8 Å². The summed E-state index contributed by atoms with van der Waals surface area (Å²) in [5, 5.41) is 18.4. The number of nitrogens with zero attached hydrogens (tertiary/aromatic N) is 1. The zero-order valence-corrected chi connectivity index (χ0v) is 11.6. The summed E-state index contributed by atoms with van der Waals surface area (Å²) < 4.78 is 0. The lowest BCUT2D eigenvalue weighted by Crippen LogP contribution is -2.48. The first-order valence-corrected chi connectivity index (χ1v) is 6.63. The van der Waals surface area contributed by atoms with E-state index in [1.807, 2.05) is 13.8 Å². The van der Waals surface area contributed by atoms with Gasteiger partial charge in [-0.05, 0) is 19.9 Å². The lowest BCUT2D eigenvalue weighted by atomic mass is 10.0. The predicted molar refractivity (Wildman–Crippen MR) is 69.7 cm³/mol. The van der Waals surface area contributed by atoms with Gasteiger partial charge in [0.1, 0.15) is 12.1 Å². The van der Waals surface area contributed by atoms with Crippen molar-refractivity contribution in [3.8, 4) is 0 Å². The molecule has 5 heteroatoms. The van der Waals surface area contributed by atoms with E-state index in [-0.39, 0.29) is 0 Å². The van der Waals surface area contributed by atoms with Crippen LogP contribution in [0.1, 0.15) is 52.4 Å². The molecule has 0 amide bonds. The minimum atomic E-state index is -0.936. The summed E-state index contributed by atoms with van der Waals surface area (Å²) >= 11 is 0. The second-order valence-electron chi connectivity index (χ2n) is 4.66. The molecule has 0 aliphatic rings. The maximum Gasteiger partial charge on any atom is 0.320 e. The Morgan fingerprint density at radius 1 is 0.944 bits per heavy atom. The van der Waals surface area contributed by atoms with Gasteiger partial charge >= 0.3 is 11.9 Å². The third-order valence-electron chi connectivity index (χ3n) is 3.22. The van der Waals surface area contributed by atoms with Crippen molar-refractivity contribution in [1.82, 2.24) is 4.90 Å². The molecule has 0 aromatic rings. The first-order valence-electron chi connectivity index (χ1n) is 6.63. The van der Waals surface area contributed by atoms with E-state index < -0.39 is 24.0 Å². The van der Waals surface area contributed by atoms with E-state index >= 15 is 0 Å². The Labute approximate surface area is 109 Å². The number of aliphatic carboxylic acids is 2. The molecule has 0 radical (unpaired) electrons. The molecule has 0 bridgehead atoms. The van der Waals surface area contributed by atoms with Crippen molar-refractivity contribution in [2.75, 3.05) is 7.05 Å². The third-order valence-corrected chi connectivity index (χ3v) is 3.22. The smallest absolute Gasteiger partial charge is 0.320 e. The molecule has 0 rings (SSSR count). The largest absolute Gasteiger partial charge is 0.480 e. The van der Waals surface area contributed by atoms with E-state index in [1.54, 1.807) is 7.05 Å². The van der Waals surface area contributed by atoms with E-state index in [0.29, 0.717) is 12.8 Å². The molecule has 5 nitrogen and oxygen atoms in total. The fourth-order valence-electron chi connectivity index (χ4n) is 2.01. The van der Waals surface area contributed by atoms with E-state index in [1.165, 1.54) is 4.90 Å². The SMILES string of the molecule is CCCCC(C(=O)O)N(C)C(CCCC)C(=O)O. The summed E-state index contributed by atoms with van der Waals surface area (Å²) in [6.45, 7) is 3.98. The Balaban J connectivity index is 4.70. The van der Waals surface area contributed by atoms with Gasteiger partial charge in [0.25, 0.3) is 0 Å². The zero-order chi connectivity index (χ0) is 14.1. The van der Waals surface area contributed by atoms with Gasteiger partial charge in [0.2, 0.25) is 0 Å². The van der Waals surface area contributed by atoms with Crippen molar-refractivity contribution >= 4 is 11.9 Å². The maximum atomic E-state index is 11.2. The highest BCUT2D eigenvalue weighted by atomic mass is 16.4. The van der Waals surface area contributed by atoms with Crippen LogP contribution in [0.25, 0.3) is 0 Å². The highest BCUT2D eigenvalue weighted by Gasteiger charge is 2.31. The third kappa shape index (κ3) is 5.49. The second-order valence-corrected chi connectivity index (χ2v) is 4.66. The molecule has 0 aliphatic heterocycles. The highest BCUT2D eigenvalue weighted by molar-refractivity contribution is 5.77. The first-order chi connectivity index (χ1) is 8.45. The van der Waals surface area contributed by atoms with E-state index in [2.05, 4.69) is 0 Å². The van der Waals surface area contributed by atoms with Crippen LogP contribution < -0.4 is 0 Å². The first kappa shape index (κ1) is 16.9. The van der Waals surface area contributed by atoms with Crippen molar-refractivity contribution in [1.29, 1.82) is 0 Å². The van der Waals surface area contributed by atoms with Gasteiger partial charge in [-0.3, -0.25) is 14.5 Å². The monoisotopic (exact) mass is 259 g/mol. The number of hydrogen-bond acceptors (Lipinski definition) is 3. The van der Waals surface area contributed by atoms with Gasteiger partial charge in [0, 0.05) is 0 Å². The minimum Gasteiger partial charge on any atom is -0.480 e. The molecule has 0 heterocycles. The zero-order valence-electron chi connectivity index (χ0n) is 11.6. The number of carboxylic acids is 2. The summed E-state index contributed by atoms with van der Waals surface area (Å²) in [6, 6.07) is -1.41. The van der Waals surface area contributed by atoms with Crippen LogP contribution in [-0.4, -0.2) is 46.2 Å². The van der Waals surface area contributed by atoms with Crippen LogP contribution in [0.4, 0.5) is 0 Å². The van der Waals surface area contributed by atoms with Crippen LogP contribution in [0.5, 0.6) is 0 Å². The average Bonchev–Trinajstić information content (AvgIpc) is 2.29. The molecule has 2 atom stereocenters. The molecule has 0 spiro atoms. The lowest BCUT2D eigenvalue weighted by Gasteiger charge is -2.30. The Morgan fingerprint density at radius 3 is 1.50 bits per heavy atom. The van der Waals surface area contributed by atoms with Gasteiger partial charge in [-0.1, -0.05) is 39.5 Å². The molecule has 0 fully saturated rings. The van der Waals surface area contributed by atoms with Crippen LogP contribution in [-0.2, 0) is 9.59 Å². The van der Waals surface area contributed by atoms with Crippen molar-refractivity contribution in [3.05, 3.63) is 0 Å². The summed E-state index contributed by atoms with van der Waals surface area (Å²) in [6.07, 6.45) is 4.40. The Morgan fingerprint density at radius 2 is 1.28 bits per heavy atom. The van der Waals surface area contributed by atoms with Gasteiger partial charge in [0.05, 0.1) is 0 Å². The fourth-order valence-corrected chi connectivity index (χ4v) is 2.01. The van der Waals surface area contributed by atoms with E-state index in [0.717, 1.165) is 25.7 Å². The summed E-state index contributed by atoms with van der Waals surface area (Å²) in [7, 11) is 1.60. The van der Waals surface area contributed by atoms with E-state index in [4.69, 9.17) is 0 Å². The van der Waals surface area contributed by atoms with Gasteiger partial charge in [-0.15, -0.1) is 0 Å². The molecular weight excluding hydrogens is 234 g/mol. The predicted octanol–water partition coefficient (Wildman–Crippen LogP) is 2.20. The van der Waals surface area contributed by atoms with Crippen molar-refractivity contribution in [2.24, 2.45) is 0 Å². The lowest BCUT2D eigenvalue weighted by molar-refractivity contribution is -0.150. The molecule has 0 aliphatic carbocycles. The van der Waals surface area contributed by atoms with Crippen molar-refractivity contribution in [2.45, 2.75) is 64.5 Å². The van der Waals surface area contributed by atoms with Gasteiger partial charge in [-0.25, -0.2) is 0 Å². The Kier molecular flexibility index (Phi) is 8.37. The Bertz CT molecular complexity index is 242. The summed E-state index contributed by atoms with van der Waals surface area (Å²) in [4.78, 5) is 23.9. The van der Waals surface area contributed by atoms with Gasteiger partial charge in [-0.2, -0.15) is 0 Å². The normalized spacial score (nSPS) is 14.4. The Hall–Kier alpha value is -1.10. The second kappa shape index (κ2) is 8.91. The van der Waals surface area contributed by atoms with E-state index in [9.17, 15) is 19.8 Å². The minimum absolute atomic E-state index is 0.498. The molecule has 0 saturated heterocycles. The standard InChI is InChI=1S/C13H25NO4/c1-4-6-8-10(12(15)16)14(3)11(13(17)18)9-7-5-2/h10-11H,4-9H2,1-3H3,(H,15,16)(H,17,18). The van der Waals surface area contributed by atoms with Crippen molar-refractivity contribution in [3.63, 3.8) is 0 Å². The molecule has 2 unspecified atom stereocenters. The van der Waals surface area contributed by atoms with Crippen LogP contribution >= 0.6 is 0 Å². The molecule has 0 aromatic heterocycles. The maximum absolute atomic E-state index is 11.2. The quantitative estimate of drug-likeness (QED) is 0.629. The molecule has 0 saturated carbocycles. The highest BCUT2D eigenvalue weighted by Crippen LogP contribution is 2.15. The average molecular weight is 259 g/mol. The number of likely N-dealkylation sites (N-methyl/N-ethyl adjacent to an activating group) is 1. The van der Waals surface area contributed by atoms with Gasteiger partial charge < -0.3 is 10.2 Å². The van der Waals surface area contributed by atoms with Crippen LogP contribution in [0.15, 0.2) is 0 Å². The summed E-state index contributed by atoms with van der Waals surface area (Å²) in [5.41, 5.74) is 0. The van der Waals surface area contributed by atoms with Crippen LogP contribution in [0, 0.1) is 0 Å². The topological polar surface area (TPSA) is 77.8 Å². The number of unbranched alkanes of at least 4 members (excludes halogenated alkanes) is 2. The molecule has 18 heavy (non-hydrogen) atoms. The number of hydrogen-bond donors (Lipinski definition) is 2. The number of carbonyl (C=O) groups is 2. The summed E-state index contributed by atoms with van der Waals surface area (Å²) in [5.74, 6) is -1.87. The fraction of sp³-hybridized carbons (Fsp3) is 0.846. The van der Waals surface area contributed by atoms with Crippen LogP contribution in [0.2, 0.25) is 0 Å². The molecule has 106 valence electrons. The number of carboxylic acid groups (broad SMARTS) is 2.